The predicted octanol–water partition coefficient (Wildman–Crippen LogP) is 3.92. The Morgan fingerprint density at radius 2 is 1.88 bits per heavy atom. The van der Waals surface area contributed by atoms with Crippen molar-refractivity contribution in [2.24, 2.45) is 11.3 Å². The Morgan fingerprint density at radius 1 is 1.21 bits per heavy atom. The van der Waals surface area contributed by atoms with Gasteiger partial charge >= 0.3 is 12.1 Å². The number of nitrogens with zero attached hydrogens (tertiary/aromatic N) is 1. The summed E-state index contributed by atoms with van der Waals surface area (Å²) in [6, 6.07) is 0. The van der Waals surface area contributed by atoms with Crippen LogP contribution >= 0.6 is 0 Å². The quantitative estimate of drug-likeness (QED) is 0.578. The van der Waals surface area contributed by atoms with Crippen LogP contribution in [0.15, 0.2) is 12.2 Å². The molecule has 0 aromatic carbocycles. The molecule has 0 radical (unpaired) electrons. The van der Waals surface area contributed by atoms with Crippen molar-refractivity contribution >= 4 is 12.1 Å². The smallest absolute Gasteiger partial charge is 0.410 e. The lowest BCUT2D eigenvalue weighted by molar-refractivity contribution is -0.137. The number of piperidine rings is 1. The third kappa shape index (κ3) is 5.25. The van der Waals surface area contributed by atoms with E-state index in [0.29, 0.717) is 17.9 Å². The number of allylic oxidation sites excluding steroid dienone is 1. The lowest BCUT2D eigenvalue weighted by atomic mass is 9.76. The van der Waals surface area contributed by atoms with E-state index in [4.69, 9.17) is 9.47 Å². The predicted molar refractivity (Wildman–Crippen MR) is 92.6 cm³/mol. The molecule has 5 heteroatoms. The van der Waals surface area contributed by atoms with Crippen LogP contribution in [0.2, 0.25) is 0 Å². The number of amides is 1. The Bertz CT molecular complexity index is 484. The number of likely N-dealkylation sites (tertiary alicyclic amines) is 1. The number of hydrogen-bond donors (Lipinski definition) is 0. The highest BCUT2D eigenvalue weighted by Gasteiger charge is 2.41. The van der Waals surface area contributed by atoms with Crippen molar-refractivity contribution in [3.05, 3.63) is 12.2 Å². The van der Waals surface area contributed by atoms with Gasteiger partial charge in [0.15, 0.2) is 0 Å². The lowest BCUT2D eigenvalue weighted by Crippen LogP contribution is -2.44. The molecule has 2 aliphatic rings. The minimum atomic E-state index is -0.442. The standard InChI is InChI=1S/C19H31NO4/c1-5-23-16(21)7-6-15-8-9-19(14-15)10-12-20(13-11-19)17(22)24-18(2,3)4/h6-7,15H,5,8-14H2,1-4H3. The van der Waals surface area contributed by atoms with Gasteiger partial charge in [-0.1, -0.05) is 6.08 Å². The topological polar surface area (TPSA) is 55.8 Å². The van der Waals surface area contributed by atoms with E-state index in [1.54, 1.807) is 6.08 Å². The minimum absolute atomic E-state index is 0.200. The average Bonchev–Trinajstić information content (AvgIpc) is 2.87. The molecule has 1 aliphatic carbocycles. The molecule has 0 aromatic heterocycles. The summed E-state index contributed by atoms with van der Waals surface area (Å²) in [7, 11) is 0. The molecule has 1 amide bonds. The van der Waals surface area contributed by atoms with E-state index in [-0.39, 0.29) is 12.1 Å². The van der Waals surface area contributed by atoms with E-state index in [2.05, 4.69) is 0 Å². The van der Waals surface area contributed by atoms with Crippen LogP contribution in [-0.2, 0) is 14.3 Å². The van der Waals surface area contributed by atoms with Crippen LogP contribution in [0.4, 0.5) is 4.79 Å². The molecule has 0 bridgehead atoms. The Labute approximate surface area is 145 Å². The Hall–Kier alpha value is -1.52. The van der Waals surface area contributed by atoms with E-state index >= 15 is 0 Å². The average molecular weight is 337 g/mol. The second-order valence-electron chi connectivity index (χ2n) is 8.08. The van der Waals surface area contributed by atoms with Crippen molar-refractivity contribution in [3.8, 4) is 0 Å². The number of rotatable bonds is 3. The zero-order valence-electron chi connectivity index (χ0n) is 15.5. The Balaban J connectivity index is 1.82. The van der Waals surface area contributed by atoms with Crippen LogP contribution in [0.3, 0.4) is 0 Å². The first-order valence-electron chi connectivity index (χ1n) is 9.06. The van der Waals surface area contributed by atoms with Gasteiger partial charge in [0.25, 0.3) is 0 Å². The van der Waals surface area contributed by atoms with Crippen LogP contribution in [0.5, 0.6) is 0 Å². The summed E-state index contributed by atoms with van der Waals surface area (Å²) in [5.41, 5.74) is -0.120. The van der Waals surface area contributed by atoms with Gasteiger partial charge in [0.05, 0.1) is 6.61 Å². The summed E-state index contributed by atoms with van der Waals surface area (Å²) in [6.45, 7) is 9.45. The van der Waals surface area contributed by atoms with E-state index in [0.717, 1.165) is 38.8 Å². The summed E-state index contributed by atoms with van der Waals surface area (Å²) in [5.74, 6) is 0.195. The molecule has 0 N–H and O–H groups in total. The van der Waals surface area contributed by atoms with Crippen molar-refractivity contribution in [2.45, 2.75) is 65.4 Å². The molecular weight excluding hydrogens is 306 g/mol. The van der Waals surface area contributed by atoms with Gasteiger partial charge < -0.3 is 14.4 Å². The molecule has 1 heterocycles. The second kappa shape index (κ2) is 7.58. The normalized spacial score (nSPS) is 23.7. The van der Waals surface area contributed by atoms with Gasteiger partial charge in [-0.05, 0) is 71.1 Å². The van der Waals surface area contributed by atoms with E-state index < -0.39 is 5.60 Å². The van der Waals surface area contributed by atoms with Crippen LogP contribution in [0.25, 0.3) is 0 Å². The summed E-state index contributed by atoms with van der Waals surface area (Å²) < 4.78 is 10.4. The Kier molecular flexibility index (Phi) is 5.94. The van der Waals surface area contributed by atoms with Gasteiger partial charge in [-0.15, -0.1) is 0 Å². The number of carbonyl (C=O) groups excluding carboxylic acids is 2. The van der Waals surface area contributed by atoms with Gasteiger partial charge in [0, 0.05) is 19.2 Å². The monoisotopic (exact) mass is 337 g/mol. The number of carbonyl (C=O) groups is 2. The van der Waals surface area contributed by atoms with Crippen molar-refractivity contribution < 1.29 is 19.1 Å². The van der Waals surface area contributed by atoms with E-state index in [1.807, 2.05) is 38.7 Å². The van der Waals surface area contributed by atoms with Crippen molar-refractivity contribution in [2.75, 3.05) is 19.7 Å². The van der Waals surface area contributed by atoms with Crippen molar-refractivity contribution in [3.63, 3.8) is 0 Å². The van der Waals surface area contributed by atoms with Crippen LogP contribution in [0.1, 0.15) is 59.8 Å². The van der Waals surface area contributed by atoms with E-state index in [1.165, 1.54) is 6.42 Å². The van der Waals surface area contributed by atoms with Gasteiger partial charge in [0.2, 0.25) is 0 Å². The maximum atomic E-state index is 12.2. The molecule has 1 spiro atoms. The van der Waals surface area contributed by atoms with E-state index in [9.17, 15) is 9.59 Å². The lowest BCUT2D eigenvalue weighted by Gasteiger charge is -2.39. The van der Waals surface area contributed by atoms with Crippen LogP contribution in [-0.4, -0.2) is 42.3 Å². The van der Waals surface area contributed by atoms with Crippen molar-refractivity contribution in [1.29, 1.82) is 0 Å². The fourth-order valence-electron chi connectivity index (χ4n) is 3.77. The fraction of sp³-hybridized carbons (Fsp3) is 0.789. The molecule has 0 aromatic rings. The summed E-state index contributed by atoms with van der Waals surface area (Å²) in [4.78, 5) is 25.4. The number of esters is 1. The minimum Gasteiger partial charge on any atom is -0.463 e. The highest BCUT2D eigenvalue weighted by atomic mass is 16.6. The second-order valence-corrected chi connectivity index (χ2v) is 8.08. The maximum absolute atomic E-state index is 12.2. The molecule has 2 rings (SSSR count). The van der Waals surface area contributed by atoms with Gasteiger partial charge in [-0.2, -0.15) is 0 Å². The molecule has 1 saturated carbocycles. The molecule has 1 unspecified atom stereocenters. The Morgan fingerprint density at radius 3 is 2.46 bits per heavy atom. The largest absolute Gasteiger partial charge is 0.463 e. The molecule has 1 aliphatic heterocycles. The molecule has 136 valence electrons. The van der Waals surface area contributed by atoms with Crippen LogP contribution in [0, 0.1) is 11.3 Å². The maximum Gasteiger partial charge on any atom is 0.410 e. The summed E-state index contributed by atoms with van der Waals surface area (Å²) in [5, 5.41) is 0. The first-order chi connectivity index (χ1) is 11.2. The van der Waals surface area contributed by atoms with Crippen LogP contribution < -0.4 is 0 Å². The highest BCUT2D eigenvalue weighted by Crippen LogP contribution is 2.49. The van der Waals surface area contributed by atoms with Gasteiger partial charge in [0.1, 0.15) is 5.60 Å². The van der Waals surface area contributed by atoms with Gasteiger partial charge in [-0.3, -0.25) is 0 Å². The fourth-order valence-corrected chi connectivity index (χ4v) is 3.77. The molecule has 24 heavy (non-hydrogen) atoms. The first-order valence-corrected chi connectivity index (χ1v) is 9.06. The zero-order valence-corrected chi connectivity index (χ0v) is 15.5. The highest BCUT2D eigenvalue weighted by molar-refractivity contribution is 5.81. The zero-order chi connectivity index (χ0) is 17.8. The molecule has 1 atom stereocenters. The third-order valence-electron chi connectivity index (χ3n) is 5.01. The number of hydrogen-bond acceptors (Lipinski definition) is 4. The first kappa shape index (κ1) is 18.8. The number of ether oxygens (including phenoxy) is 2. The third-order valence-corrected chi connectivity index (χ3v) is 5.01. The van der Waals surface area contributed by atoms with Gasteiger partial charge in [-0.25, -0.2) is 9.59 Å². The van der Waals surface area contributed by atoms with Crippen molar-refractivity contribution in [1.82, 2.24) is 4.90 Å². The molecule has 1 saturated heterocycles. The molecule has 2 fully saturated rings. The molecule has 5 nitrogen and oxygen atoms in total. The molecular formula is C19H31NO4. The summed E-state index contributed by atoms with van der Waals surface area (Å²) in [6.07, 6.45) is 8.82. The SMILES string of the molecule is CCOC(=O)C=CC1CCC2(CCN(C(=O)OC(C)(C)C)CC2)C1. The summed E-state index contributed by atoms with van der Waals surface area (Å²) >= 11 is 0.